The molecule has 6 nitrogen and oxygen atoms in total. The predicted octanol–water partition coefficient (Wildman–Crippen LogP) is 3.93. The first kappa shape index (κ1) is 23.9. The van der Waals surface area contributed by atoms with Gasteiger partial charge < -0.3 is 24.4 Å². The van der Waals surface area contributed by atoms with Crippen LogP contribution >= 0.6 is 24.0 Å². The highest BCUT2D eigenvalue weighted by atomic mass is 127. The van der Waals surface area contributed by atoms with Crippen molar-refractivity contribution < 1.29 is 14.2 Å². The molecule has 0 aliphatic carbocycles. The van der Waals surface area contributed by atoms with Crippen molar-refractivity contribution in [1.82, 2.24) is 10.2 Å². The minimum absolute atomic E-state index is 0. The number of rotatable bonds is 8. The van der Waals surface area contributed by atoms with Gasteiger partial charge in [-0.05, 0) is 30.2 Å². The van der Waals surface area contributed by atoms with E-state index in [9.17, 15) is 0 Å². The first-order chi connectivity index (χ1) is 13.1. The van der Waals surface area contributed by atoms with Crippen molar-refractivity contribution in [3.05, 3.63) is 53.6 Å². The topological polar surface area (TPSA) is 55.3 Å². The van der Waals surface area contributed by atoms with Crippen LogP contribution in [0.25, 0.3) is 0 Å². The molecule has 0 unspecified atom stereocenters. The monoisotopic (exact) mass is 499 g/mol. The SMILES string of the molecule is CCOc1c(OC)cc(CN=C(NCc2ccccc2)N(C)C)cc1OC.I. The summed E-state index contributed by atoms with van der Waals surface area (Å²) < 4.78 is 16.6. The molecule has 0 radical (unpaired) electrons. The van der Waals surface area contributed by atoms with Crippen LogP contribution in [-0.4, -0.2) is 45.8 Å². The summed E-state index contributed by atoms with van der Waals surface area (Å²) in [4.78, 5) is 6.68. The molecule has 7 heteroatoms. The number of hydrogen-bond acceptors (Lipinski definition) is 4. The van der Waals surface area contributed by atoms with Crippen LogP contribution < -0.4 is 19.5 Å². The molecule has 0 bridgehead atoms. The molecule has 28 heavy (non-hydrogen) atoms. The number of guanidine groups is 1. The second-order valence-corrected chi connectivity index (χ2v) is 6.14. The summed E-state index contributed by atoms with van der Waals surface area (Å²) in [6, 6.07) is 14.1. The van der Waals surface area contributed by atoms with Gasteiger partial charge in [-0.2, -0.15) is 0 Å². The smallest absolute Gasteiger partial charge is 0.203 e. The van der Waals surface area contributed by atoms with Crippen LogP contribution in [0.3, 0.4) is 0 Å². The average molecular weight is 499 g/mol. The summed E-state index contributed by atoms with van der Waals surface area (Å²) in [6.45, 7) is 3.68. The van der Waals surface area contributed by atoms with Crippen molar-refractivity contribution in [3.63, 3.8) is 0 Å². The molecule has 2 aromatic rings. The molecule has 154 valence electrons. The van der Waals surface area contributed by atoms with Crippen molar-refractivity contribution in [2.75, 3.05) is 34.9 Å². The lowest BCUT2D eigenvalue weighted by atomic mass is 10.2. The zero-order valence-corrected chi connectivity index (χ0v) is 19.5. The molecule has 0 heterocycles. The van der Waals surface area contributed by atoms with E-state index in [2.05, 4.69) is 17.4 Å². The van der Waals surface area contributed by atoms with Crippen molar-refractivity contribution in [2.45, 2.75) is 20.0 Å². The van der Waals surface area contributed by atoms with E-state index < -0.39 is 0 Å². The summed E-state index contributed by atoms with van der Waals surface area (Å²) in [5.74, 6) is 2.71. The van der Waals surface area contributed by atoms with Gasteiger partial charge in [-0.25, -0.2) is 4.99 Å². The molecule has 0 fully saturated rings. The molecule has 0 aliphatic heterocycles. The van der Waals surface area contributed by atoms with E-state index >= 15 is 0 Å². The number of halogens is 1. The molecule has 0 spiro atoms. The maximum Gasteiger partial charge on any atom is 0.203 e. The van der Waals surface area contributed by atoms with Crippen molar-refractivity contribution in [3.8, 4) is 17.2 Å². The second-order valence-electron chi connectivity index (χ2n) is 6.14. The van der Waals surface area contributed by atoms with Crippen LogP contribution in [0.4, 0.5) is 0 Å². The van der Waals surface area contributed by atoms with Gasteiger partial charge in [-0.3, -0.25) is 0 Å². The molecular formula is C21H30IN3O3. The third-order valence-corrected chi connectivity index (χ3v) is 3.94. The Kier molecular flexibility index (Phi) is 10.5. The second kappa shape index (κ2) is 12.3. The Morgan fingerprint density at radius 3 is 2.11 bits per heavy atom. The molecule has 0 aliphatic rings. The Labute approximate surface area is 184 Å². The molecule has 0 amide bonds. The van der Waals surface area contributed by atoms with E-state index in [1.54, 1.807) is 14.2 Å². The molecule has 0 atom stereocenters. The minimum Gasteiger partial charge on any atom is -0.493 e. The maximum absolute atomic E-state index is 5.65. The molecule has 2 rings (SSSR count). The zero-order valence-electron chi connectivity index (χ0n) is 17.2. The van der Waals surface area contributed by atoms with E-state index in [4.69, 9.17) is 19.2 Å². The predicted molar refractivity (Wildman–Crippen MR) is 124 cm³/mol. The minimum atomic E-state index is 0. The van der Waals surface area contributed by atoms with Crippen LogP contribution in [0.5, 0.6) is 17.2 Å². The molecule has 0 saturated carbocycles. The number of aliphatic imine (C=N–C) groups is 1. The fourth-order valence-corrected chi connectivity index (χ4v) is 2.61. The van der Waals surface area contributed by atoms with E-state index in [1.165, 1.54) is 5.56 Å². The Balaban J connectivity index is 0.00000392. The number of methoxy groups -OCH3 is 2. The Bertz CT molecular complexity index is 727. The molecule has 2 aromatic carbocycles. The number of hydrogen-bond donors (Lipinski definition) is 1. The molecule has 1 N–H and O–H groups in total. The summed E-state index contributed by atoms with van der Waals surface area (Å²) in [7, 11) is 7.18. The molecular weight excluding hydrogens is 469 g/mol. The first-order valence-electron chi connectivity index (χ1n) is 8.96. The van der Waals surface area contributed by atoms with Crippen molar-refractivity contribution >= 4 is 29.9 Å². The Morgan fingerprint density at radius 1 is 1.00 bits per heavy atom. The van der Waals surface area contributed by atoms with Crippen LogP contribution in [0.2, 0.25) is 0 Å². The van der Waals surface area contributed by atoms with Gasteiger partial charge in [-0.1, -0.05) is 30.3 Å². The van der Waals surface area contributed by atoms with Crippen LogP contribution in [0, 0.1) is 0 Å². The van der Waals surface area contributed by atoms with Crippen molar-refractivity contribution in [2.24, 2.45) is 4.99 Å². The summed E-state index contributed by atoms with van der Waals surface area (Å²) >= 11 is 0. The van der Waals surface area contributed by atoms with E-state index in [1.807, 2.05) is 56.3 Å². The summed E-state index contributed by atoms with van der Waals surface area (Å²) in [6.07, 6.45) is 0. The Hall–Kier alpha value is -2.16. The van der Waals surface area contributed by atoms with Crippen LogP contribution in [-0.2, 0) is 13.1 Å². The average Bonchev–Trinajstić information content (AvgIpc) is 2.69. The van der Waals surface area contributed by atoms with Crippen molar-refractivity contribution in [1.29, 1.82) is 0 Å². The lowest BCUT2D eigenvalue weighted by molar-refractivity contribution is 0.288. The zero-order chi connectivity index (χ0) is 19.6. The standard InChI is InChI=1S/C21H29N3O3.HI/c1-6-27-20-18(25-4)12-17(13-19(20)26-5)15-23-21(24(2)3)22-14-16-10-8-7-9-11-16;/h7-13H,6,14-15H2,1-5H3,(H,22,23);1H. The van der Waals surface area contributed by atoms with Gasteiger partial charge in [0.05, 0.1) is 27.4 Å². The fraction of sp³-hybridized carbons (Fsp3) is 0.381. The van der Waals surface area contributed by atoms with E-state index in [0.29, 0.717) is 36.9 Å². The third kappa shape index (κ3) is 6.78. The van der Waals surface area contributed by atoms with Gasteiger partial charge >= 0.3 is 0 Å². The quantitative estimate of drug-likeness (QED) is 0.339. The highest BCUT2D eigenvalue weighted by Crippen LogP contribution is 2.38. The van der Waals surface area contributed by atoms with Crippen LogP contribution in [0.1, 0.15) is 18.1 Å². The normalized spacial score (nSPS) is 10.7. The number of nitrogens with zero attached hydrogens (tertiary/aromatic N) is 2. The number of benzene rings is 2. The van der Waals surface area contributed by atoms with E-state index in [0.717, 1.165) is 11.5 Å². The summed E-state index contributed by atoms with van der Waals surface area (Å²) in [5.41, 5.74) is 2.18. The molecule has 0 aromatic heterocycles. The van der Waals surface area contributed by atoms with Gasteiger partial charge in [0.2, 0.25) is 5.75 Å². The van der Waals surface area contributed by atoms with Gasteiger partial charge in [0.15, 0.2) is 17.5 Å². The Morgan fingerprint density at radius 2 is 1.61 bits per heavy atom. The number of nitrogens with one attached hydrogen (secondary N) is 1. The summed E-state index contributed by atoms with van der Waals surface area (Å²) in [5, 5.41) is 3.38. The largest absolute Gasteiger partial charge is 0.493 e. The third-order valence-electron chi connectivity index (χ3n) is 3.94. The highest BCUT2D eigenvalue weighted by molar-refractivity contribution is 14.0. The van der Waals surface area contributed by atoms with Gasteiger partial charge in [0.25, 0.3) is 0 Å². The highest BCUT2D eigenvalue weighted by Gasteiger charge is 2.14. The number of ether oxygens (including phenoxy) is 3. The van der Waals surface area contributed by atoms with Gasteiger partial charge in [-0.15, -0.1) is 24.0 Å². The fourth-order valence-electron chi connectivity index (χ4n) is 2.61. The first-order valence-corrected chi connectivity index (χ1v) is 8.96. The maximum atomic E-state index is 5.65. The van der Waals surface area contributed by atoms with E-state index in [-0.39, 0.29) is 24.0 Å². The van der Waals surface area contributed by atoms with Crippen LogP contribution in [0.15, 0.2) is 47.5 Å². The lowest BCUT2D eigenvalue weighted by Crippen LogP contribution is -2.36. The van der Waals surface area contributed by atoms with Gasteiger partial charge in [0.1, 0.15) is 0 Å². The molecule has 0 saturated heterocycles. The van der Waals surface area contributed by atoms with Gasteiger partial charge in [0, 0.05) is 20.6 Å². The lowest BCUT2D eigenvalue weighted by Gasteiger charge is -2.18.